The van der Waals surface area contributed by atoms with E-state index in [1.165, 1.54) is 0 Å². The van der Waals surface area contributed by atoms with Gasteiger partial charge in [-0.1, -0.05) is 29.3 Å². The quantitative estimate of drug-likeness (QED) is 0.445. The SMILES string of the molecule is Fc1cnc(Nc2cc(N3CCOCC3)ccn2)c2nc(-c3c(Cl)cccc3Cl)[nH]c12. The van der Waals surface area contributed by atoms with Gasteiger partial charge in [0.05, 0.1) is 35.0 Å². The zero-order valence-electron chi connectivity index (χ0n) is 16.2. The molecule has 10 heteroatoms. The number of anilines is 3. The van der Waals surface area contributed by atoms with E-state index in [9.17, 15) is 4.39 Å². The smallest absolute Gasteiger partial charge is 0.167 e. The van der Waals surface area contributed by atoms with Gasteiger partial charge < -0.3 is 19.9 Å². The Kier molecular flexibility index (Phi) is 5.35. The van der Waals surface area contributed by atoms with Crippen molar-refractivity contribution in [2.75, 3.05) is 36.5 Å². The van der Waals surface area contributed by atoms with Crippen LogP contribution in [0.2, 0.25) is 10.0 Å². The van der Waals surface area contributed by atoms with E-state index in [2.05, 4.69) is 30.2 Å². The molecule has 1 aliphatic rings. The van der Waals surface area contributed by atoms with E-state index in [1.807, 2.05) is 12.1 Å². The number of halogens is 3. The Balaban J connectivity index is 1.52. The number of rotatable bonds is 4. The number of fused-ring (bicyclic) bond motifs is 1. The van der Waals surface area contributed by atoms with E-state index >= 15 is 0 Å². The van der Waals surface area contributed by atoms with Gasteiger partial charge in [-0.2, -0.15) is 0 Å². The third kappa shape index (κ3) is 3.89. The molecular weight excluding hydrogens is 442 g/mol. The lowest BCUT2D eigenvalue weighted by atomic mass is 10.2. The first-order chi connectivity index (χ1) is 15.1. The van der Waals surface area contributed by atoms with Crippen LogP contribution in [0.15, 0.2) is 42.7 Å². The third-order valence-electron chi connectivity index (χ3n) is 5.04. The highest BCUT2D eigenvalue weighted by Crippen LogP contribution is 2.35. The number of H-pyrrole nitrogens is 1. The lowest BCUT2D eigenvalue weighted by Crippen LogP contribution is -2.36. The molecule has 5 rings (SSSR count). The molecule has 0 bridgehead atoms. The zero-order valence-corrected chi connectivity index (χ0v) is 17.7. The van der Waals surface area contributed by atoms with Gasteiger partial charge in [0.1, 0.15) is 22.7 Å². The fourth-order valence-corrected chi connectivity index (χ4v) is 4.10. The second kappa shape index (κ2) is 8.30. The highest BCUT2D eigenvalue weighted by molar-refractivity contribution is 6.39. The molecule has 1 aliphatic heterocycles. The van der Waals surface area contributed by atoms with Gasteiger partial charge in [0.15, 0.2) is 11.6 Å². The summed E-state index contributed by atoms with van der Waals surface area (Å²) in [6, 6.07) is 8.99. The molecule has 0 unspecified atom stereocenters. The van der Waals surface area contributed by atoms with Gasteiger partial charge in [-0.3, -0.25) is 0 Å². The van der Waals surface area contributed by atoms with Crippen LogP contribution in [0, 0.1) is 5.82 Å². The van der Waals surface area contributed by atoms with Crippen LogP contribution >= 0.6 is 23.2 Å². The number of nitrogens with one attached hydrogen (secondary N) is 2. The molecule has 1 aromatic carbocycles. The van der Waals surface area contributed by atoms with Crippen LogP contribution < -0.4 is 10.2 Å². The second-order valence-corrected chi connectivity index (χ2v) is 7.80. The van der Waals surface area contributed by atoms with Crippen LogP contribution in [-0.2, 0) is 4.74 Å². The molecule has 1 saturated heterocycles. The van der Waals surface area contributed by atoms with Gasteiger partial charge in [-0.15, -0.1) is 0 Å². The first kappa shape index (κ1) is 20.0. The summed E-state index contributed by atoms with van der Waals surface area (Å²) in [5.41, 5.74) is 2.04. The molecule has 0 spiro atoms. The van der Waals surface area contributed by atoms with E-state index in [0.717, 1.165) is 25.0 Å². The van der Waals surface area contributed by atoms with Crippen molar-refractivity contribution in [3.05, 3.63) is 58.6 Å². The summed E-state index contributed by atoms with van der Waals surface area (Å²) in [5.74, 6) is 0.770. The van der Waals surface area contributed by atoms with Crippen molar-refractivity contribution in [2.24, 2.45) is 0 Å². The van der Waals surface area contributed by atoms with E-state index in [-0.39, 0.29) is 5.52 Å². The van der Waals surface area contributed by atoms with Crippen LogP contribution in [0.1, 0.15) is 0 Å². The van der Waals surface area contributed by atoms with Gasteiger partial charge in [-0.25, -0.2) is 19.3 Å². The third-order valence-corrected chi connectivity index (χ3v) is 5.67. The van der Waals surface area contributed by atoms with Crippen molar-refractivity contribution in [3.63, 3.8) is 0 Å². The highest BCUT2D eigenvalue weighted by atomic mass is 35.5. The van der Waals surface area contributed by atoms with Crippen LogP contribution in [0.5, 0.6) is 0 Å². The minimum absolute atomic E-state index is 0.202. The molecule has 31 heavy (non-hydrogen) atoms. The molecule has 4 heterocycles. The van der Waals surface area contributed by atoms with Crippen LogP contribution in [0.4, 0.5) is 21.7 Å². The molecule has 158 valence electrons. The minimum atomic E-state index is -0.530. The summed E-state index contributed by atoms with van der Waals surface area (Å²) in [4.78, 5) is 18.3. The van der Waals surface area contributed by atoms with Crippen molar-refractivity contribution in [3.8, 4) is 11.4 Å². The van der Waals surface area contributed by atoms with Crippen molar-refractivity contribution in [2.45, 2.75) is 0 Å². The van der Waals surface area contributed by atoms with Gasteiger partial charge in [-0.05, 0) is 18.2 Å². The maximum atomic E-state index is 14.5. The van der Waals surface area contributed by atoms with Crippen molar-refractivity contribution in [1.29, 1.82) is 0 Å². The number of imidazole rings is 1. The van der Waals surface area contributed by atoms with Gasteiger partial charge >= 0.3 is 0 Å². The van der Waals surface area contributed by atoms with Gasteiger partial charge in [0.25, 0.3) is 0 Å². The van der Waals surface area contributed by atoms with Crippen molar-refractivity contribution >= 4 is 51.6 Å². The Morgan fingerprint density at radius 1 is 1.10 bits per heavy atom. The standard InChI is InChI=1S/C21H17Cl2FN6O/c22-13-2-1-3-14(23)17(13)20-28-18-15(24)11-26-21(19(18)29-20)27-16-10-12(4-5-25-16)30-6-8-31-9-7-30/h1-5,10-11H,6-9H2,(H,28,29)(H,25,26,27). The monoisotopic (exact) mass is 458 g/mol. The van der Waals surface area contributed by atoms with E-state index in [1.54, 1.807) is 24.4 Å². The molecule has 2 N–H and O–H groups in total. The van der Waals surface area contributed by atoms with Crippen molar-refractivity contribution < 1.29 is 9.13 Å². The normalized spacial score (nSPS) is 14.2. The van der Waals surface area contributed by atoms with E-state index in [0.29, 0.717) is 51.8 Å². The number of hydrogen-bond acceptors (Lipinski definition) is 6. The average molecular weight is 459 g/mol. The number of aromatic nitrogens is 4. The molecule has 7 nitrogen and oxygen atoms in total. The van der Waals surface area contributed by atoms with Crippen LogP contribution in [0.25, 0.3) is 22.4 Å². The summed E-state index contributed by atoms with van der Waals surface area (Å²) < 4.78 is 19.9. The summed E-state index contributed by atoms with van der Waals surface area (Å²) in [7, 11) is 0. The number of ether oxygens (including phenoxy) is 1. The maximum absolute atomic E-state index is 14.5. The van der Waals surface area contributed by atoms with Crippen molar-refractivity contribution in [1.82, 2.24) is 19.9 Å². The Hall–Kier alpha value is -2.94. The molecule has 4 aromatic rings. The van der Waals surface area contributed by atoms with Crippen LogP contribution in [0.3, 0.4) is 0 Å². The molecule has 0 saturated carbocycles. The number of aromatic amines is 1. The Labute approximate surface area is 187 Å². The summed E-state index contributed by atoms with van der Waals surface area (Å²) in [5, 5.41) is 3.98. The number of pyridine rings is 2. The number of nitrogens with zero attached hydrogens (tertiary/aromatic N) is 4. The van der Waals surface area contributed by atoms with E-state index < -0.39 is 5.82 Å². The van der Waals surface area contributed by atoms with Crippen LogP contribution in [-0.4, -0.2) is 46.2 Å². The number of hydrogen-bond donors (Lipinski definition) is 2. The highest BCUT2D eigenvalue weighted by Gasteiger charge is 2.18. The molecule has 3 aromatic heterocycles. The first-order valence-electron chi connectivity index (χ1n) is 9.64. The second-order valence-electron chi connectivity index (χ2n) is 6.98. The Morgan fingerprint density at radius 2 is 1.87 bits per heavy atom. The largest absolute Gasteiger partial charge is 0.378 e. The van der Waals surface area contributed by atoms with Gasteiger partial charge in [0, 0.05) is 31.0 Å². The summed E-state index contributed by atoms with van der Waals surface area (Å²) in [6.45, 7) is 2.99. The first-order valence-corrected chi connectivity index (χ1v) is 10.4. The number of morpholine rings is 1. The average Bonchev–Trinajstić information content (AvgIpc) is 3.23. The summed E-state index contributed by atoms with van der Waals surface area (Å²) in [6.07, 6.45) is 2.85. The fraction of sp³-hybridized carbons (Fsp3) is 0.190. The molecule has 0 amide bonds. The maximum Gasteiger partial charge on any atom is 0.167 e. The lowest BCUT2D eigenvalue weighted by molar-refractivity contribution is 0.122. The molecular formula is C21H17Cl2FN6O. The fourth-order valence-electron chi connectivity index (χ4n) is 3.53. The molecule has 1 fully saturated rings. The topological polar surface area (TPSA) is 79.0 Å². The molecule has 0 atom stereocenters. The predicted molar refractivity (Wildman–Crippen MR) is 120 cm³/mol. The lowest BCUT2D eigenvalue weighted by Gasteiger charge is -2.28. The number of benzene rings is 1. The summed E-state index contributed by atoms with van der Waals surface area (Å²) >= 11 is 12.6. The molecule has 0 aliphatic carbocycles. The Bertz CT molecular complexity index is 1240. The minimum Gasteiger partial charge on any atom is -0.378 e. The van der Waals surface area contributed by atoms with E-state index in [4.69, 9.17) is 27.9 Å². The molecule has 0 radical (unpaired) electrons. The van der Waals surface area contributed by atoms with Gasteiger partial charge in [0.2, 0.25) is 0 Å². The predicted octanol–water partition coefficient (Wildman–Crippen LogP) is 5.05. The Morgan fingerprint density at radius 3 is 2.65 bits per heavy atom. The zero-order chi connectivity index (χ0) is 21.4.